The van der Waals surface area contributed by atoms with Crippen molar-refractivity contribution in [1.29, 1.82) is 0 Å². The molecule has 0 aliphatic rings. The molecule has 5 heteroatoms. The molecule has 1 aromatic carbocycles. The Morgan fingerprint density at radius 3 is 2.07 bits per heavy atom. The van der Waals surface area contributed by atoms with E-state index in [1.54, 1.807) is 12.1 Å². The predicted octanol–water partition coefficient (Wildman–Crippen LogP) is 0.237. The largest absolute Gasteiger partial charge is 1.00 e. The molecule has 1 aromatic rings. The second-order valence-electron chi connectivity index (χ2n) is 3.33. The van der Waals surface area contributed by atoms with Crippen LogP contribution in [0.25, 0.3) is 0 Å². The topological polar surface area (TPSA) is 0 Å². The van der Waals surface area contributed by atoms with Crippen LogP contribution in [0.5, 0.6) is 0 Å². The van der Waals surface area contributed by atoms with Gasteiger partial charge in [-0.2, -0.15) is 0 Å². The normalized spacial score (nSPS) is 10.9. The van der Waals surface area contributed by atoms with Crippen LogP contribution in [-0.2, 0) is 6.32 Å². The summed E-state index contributed by atoms with van der Waals surface area (Å²) in [6.45, 7) is -0.999. The van der Waals surface area contributed by atoms with Gasteiger partial charge in [0.25, 0.3) is 0 Å². The maximum Gasteiger partial charge on any atom is 1.00 e. The van der Waals surface area contributed by atoms with Crippen LogP contribution < -0.4 is 51.4 Å². The molecule has 0 saturated carbocycles. The van der Waals surface area contributed by atoms with Crippen LogP contribution in [0.3, 0.4) is 0 Å². The number of aryl methyl sites for hydroxylation is 2. The Kier molecular flexibility index (Phi) is 5.99. The number of hydrogen-bond acceptors (Lipinski definition) is 0. The van der Waals surface area contributed by atoms with E-state index in [2.05, 4.69) is 0 Å². The van der Waals surface area contributed by atoms with Crippen molar-refractivity contribution in [3.05, 3.63) is 34.9 Å². The van der Waals surface area contributed by atoms with Crippen molar-refractivity contribution >= 4 is 6.98 Å². The van der Waals surface area contributed by atoms with Gasteiger partial charge in [-0.25, -0.2) is 0 Å². The fourth-order valence-electron chi connectivity index (χ4n) is 1.20. The van der Waals surface area contributed by atoms with Gasteiger partial charge in [-0.15, -0.1) is 0 Å². The van der Waals surface area contributed by atoms with E-state index in [0.29, 0.717) is 5.56 Å². The average Bonchev–Trinajstić information content (AvgIpc) is 1.94. The molecule has 0 nitrogen and oxygen atoms in total. The summed E-state index contributed by atoms with van der Waals surface area (Å²) >= 11 is 0. The number of rotatable bonds is 2. The van der Waals surface area contributed by atoms with Crippen LogP contribution >= 0.6 is 0 Å². The molecule has 0 spiro atoms. The average molecular weight is 226 g/mol. The molecule has 0 saturated heterocycles. The number of hydrogen-bond donors (Lipinski definition) is 0. The molecule has 0 N–H and O–H groups in total. The van der Waals surface area contributed by atoms with Gasteiger partial charge < -0.3 is 12.9 Å². The van der Waals surface area contributed by atoms with E-state index in [-0.39, 0.29) is 51.4 Å². The zero-order valence-electron chi connectivity index (χ0n) is 8.65. The molecular weight excluding hydrogens is 215 g/mol. The van der Waals surface area contributed by atoms with Crippen molar-refractivity contribution in [3.63, 3.8) is 0 Å². The van der Waals surface area contributed by atoms with Crippen molar-refractivity contribution in [2.24, 2.45) is 0 Å². The van der Waals surface area contributed by atoms with Gasteiger partial charge in [0.1, 0.15) is 0 Å². The molecule has 0 amide bonds. The third-order valence-corrected chi connectivity index (χ3v) is 2.04. The maximum atomic E-state index is 12.0. The summed E-state index contributed by atoms with van der Waals surface area (Å²) in [6, 6.07) is 4.87. The summed E-state index contributed by atoms with van der Waals surface area (Å²) in [6.07, 6.45) is -0.777. The second kappa shape index (κ2) is 5.70. The zero-order valence-corrected chi connectivity index (χ0v) is 11.8. The standard InChI is InChI=1S/C9H11BF3.K/c1-7-3-4-9(5-8(7)2)6-10(11,12)13;/h3-5H,6H2,1-2H3;/q-1;+1. The zero-order chi connectivity index (χ0) is 10.1. The maximum absolute atomic E-state index is 12.0. The number of halogens is 3. The SMILES string of the molecule is Cc1ccc(C[B-](F)(F)F)cc1C.[K+]. The van der Waals surface area contributed by atoms with Gasteiger partial charge >= 0.3 is 58.4 Å². The molecular formula is C9H11BF3K. The van der Waals surface area contributed by atoms with E-state index in [0.717, 1.165) is 11.1 Å². The van der Waals surface area contributed by atoms with E-state index in [1.807, 2.05) is 13.8 Å². The van der Waals surface area contributed by atoms with Gasteiger partial charge in [-0.1, -0.05) is 30.1 Å². The third-order valence-electron chi connectivity index (χ3n) is 2.04. The molecule has 1 rings (SSSR count). The van der Waals surface area contributed by atoms with Crippen LogP contribution in [0, 0.1) is 13.8 Å². The van der Waals surface area contributed by atoms with Crippen molar-refractivity contribution in [2.75, 3.05) is 0 Å². The number of benzene rings is 1. The Hall–Kier alpha value is 0.711. The van der Waals surface area contributed by atoms with Crippen molar-refractivity contribution in [3.8, 4) is 0 Å². The molecule has 0 aliphatic carbocycles. The Morgan fingerprint density at radius 2 is 1.64 bits per heavy atom. The summed E-state index contributed by atoms with van der Waals surface area (Å²) < 4.78 is 36.1. The fraction of sp³-hybridized carbons (Fsp3) is 0.333. The first-order valence-corrected chi connectivity index (χ1v) is 4.15. The van der Waals surface area contributed by atoms with Gasteiger partial charge in [0, 0.05) is 0 Å². The minimum absolute atomic E-state index is 0. The smallest absolute Gasteiger partial charge is 0.449 e. The first-order chi connectivity index (χ1) is 5.88. The molecule has 0 aliphatic heterocycles. The third kappa shape index (κ3) is 4.98. The Balaban J connectivity index is 0.00000169. The summed E-state index contributed by atoms with van der Waals surface area (Å²) in [5.74, 6) is 0. The van der Waals surface area contributed by atoms with Crippen LogP contribution in [0.2, 0.25) is 0 Å². The Morgan fingerprint density at radius 1 is 1.07 bits per heavy atom. The molecule has 14 heavy (non-hydrogen) atoms. The summed E-state index contributed by atoms with van der Waals surface area (Å²) in [7, 11) is 0. The summed E-state index contributed by atoms with van der Waals surface area (Å²) in [5.41, 5.74) is 2.30. The van der Waals surface area contributed by atoms with Gasteiger partial charge in [0.2, 0.25) is 0 Å². The van der Waals surface area contributed by atoms with Gasteiger partial charge in [-0.05, 0) is 25.0 Å². The minimum Gasteiger partial charge on any atom is -0.449 e. The molecule has 0 unspecified atom stereocenters. The first-order valence-electron chi connectivity index (χ1n) is 4.15. The molecule has 0 radical (unpaired) electrons. The van der Waals surface area contributed by atoms with E-state index in [4.69, 9.17) is 0 Å². The van der Waals surface area contributed by atoms with Gasteiger partial charge in [0.05, 0.1) is 0 Å². The molecule has 0 atom stereocenters. The van der Waals surface area contributed by atoms with Crippen LogP contribution in [0.1, 0.15) is 16.7 Å². The molecule has 0 bridgehead atoms. The Bertz CT molecular complexity index is 309. The van der Waals surface area contributed by atoms with Crippen molar-refractivity contribution in [1.82, 2.24) is 0 Å². The molecule has 72 valence electrons. The van der Waals surface area contributed by atoms with E-state index in [9.17, 15) is 12.9 Å². The first kappa shape index (κ1) is 14.7. The monoisotopic (exact) mass is 226 g/mol. The van der Waals surface area contributed by atoms with Gasteiger partial charge in [-0.3, -0.25) is 0 Å². The minimum atomic E-state index is -4.71. The molecule has 0 heterocycles. The Labute approximate surface area is 125 Å². The van der Waals surface area contributed by atoms with Crippen molar-refractivity contribution in [2.45, 2.75) is 20.2 Å². The van der Waals surface area contributed by atoms with E-state index < -0.39 is 13.3 Å². The second-order valence-corrected chi connectivity index (χ2v) is 3.33. The van der Waals surface area contributed by atoms with E-state index >= 15 is 0 Å². The van der Waals surface area contributed by atoms with Crippen molar-refractivity contribution < 1.29 is 64.3 Å². The van der Waals surface area contributed by atoms with E-state index in [1.165, 1.54) is 6.07 Å². The van der Waals surface area contributed by atoms with Gasteiger partial charge in [0.15, 0.2) is 0 Å². The molecule has 0 aromatic heterocycles. The fourth-order valence-corrected chi connectivity index (χ4v) is 1.20. The summed E-state index contributed by atoms with van der Waals surface area (Å²) in [4.78, 5) is 0. The quantitative estimate of drug-likeness (QED) is 0.633. The predicted molar refractivity (Wildman–Crippen MR) is 48.7 cm³/mol. The van der Waals surface area contributed by atoms with Crippen LogP contribution in [0.4, 0.5) is 12.9 Å². The summed E-state index contributed by atoms with van der Waals surface area (Å²) in [5, 5.41) is 0. The molecule has 0 fully saturated rings. The van der Waals surface area contributed by atoms with Crippen LogP contribution in [-0.4, -0.2) is 6.98 Å². The van der Waals surface area contributed by atoms with Crippen LogP contribution in [0.15, 0.2) is 18.2 Å².